The van der Waals surface area contributed by atoms with Gasteiger partial charge in [-0.15, -0.1) is 0 Å². The lowest BCUT2D eigenvalue weighted by molar-refractivity contribution is -0.148. The summed E-state index contributed by atoms with van der Waals surface area (Å²) >= 11 is 0. The van der Waals surface area contributed by atoms with Gasteiger partial charge in [-0.3, -0.25) is 4.79 Å². The highest BCUT2D eigenvalue weighted by molar-refractivity contribution is 5.85. The van der Waals surface area contributed by atoms with Crippen molar-refractivity contribution in [2.75, 3.05) is 6.54 Å². The van der Waals surface area contributed by atoms with E-state index in [0.29, 0.717) is 13.0 Å². The van der Waals surface area contributed by atoms with Crippen LogP contribution in [0.25, 0.3) is 11.0 Å². The van der Waals surface area contributed by atoms with E-state index in [1.54, 1.807) is 0 Å². The summed E-state index contributed by atoms with van der Waals surface area (Å²) in [6.45, 7) is 2.50. The first-order valence-electron chi connectivity index (χ1n) is 7.02. The first-order chi connectivity index (χ1) is 10.1. The SMILES string of the molecule is Cc1nc2ccccc2n1CC(=O)N1CCC[C@@H]1C(=O)O. The number of fused-ring (bicyclic) bond motifs is 1. The van der Waals surface area contributed by atoms with Crippen LogP contribution < -0.4 is 0 Å². The number of amides is 1. The largest absolute Gasteiger partial charge is 0.480 e. The van der Waals surface area contributed by atoms with Crippen molar-refractivity contribution in [3.05, 3.63) is 30.1 Å². The maximum absolute atomic E-state index is 12.4. The van der Waals surface area contributed by atoms with Gasteiger partial charge in [0.15, 0.2) is 0 Å². The molecule has 1 fully saturated rings. The number of carbonyl (C=O) groups excluding carboxylic acids is 1. The van der Waals surface area contributed by atoms with Gasteiger partial charge < -0.3 is 14.6 Å². The molecule has 0 aliphatic carbocycles. The van der Waals surface area contributed by atoms with Crippen molar-refractivity contribution in [2.45, 2.75) is 32.4 Å². The van der Waals surface area contributed by atoms with Gasteiger partial charge in [0, 0.05) is 6.54 Å². The van der Waals surface area contributed by atoms with Crippen molar-refractivity contribution in [3.63, 3.8) is 0 Å². The predicted molar refractivity (Wildman–Crippen MR) is 76.8 cm³/mol. The van der Waals surface area contributed by atoms with Gasteiger partial charge in [0.05, 0.1) is 11.0 Å². The normalized spacial score (nSPS) is 18.3. The van der Waals surface area contributed by atoms with E-state index in [4.69, 9.17) is 0 Å². The Morgan fingerprint density at radius 1 is 1.38 bits per heavy atom. The average molecular weight is 287 g/mol. The number of likely N-dealkylation sites (tertiary alicyclic amines) is 1. The van der Waals surface area contributed by atoms with Gasteiger partial charge in [-0.1, -0.05) is 12.1 Å². The van der Waals surface area contributed by atoms with Crippen molar-refractivity contribution in [2.24, 2.45) is 0 Å². The van der Waals surface area contributed by atoms with Crippen LogP contribution in [0.2, 0.25) is 0 Å². The standard InChI is InChI=1S/C15H17N3O3/c1-10-16-11-5-2-3-6-12(11)18(10)9-14(19)17-8-4-7-13(17)15(20)21/h2-3,5-6,13H,4,7-9H2,1H3,(H,20,21)/t13-/m1/s1. The van der Waals surface area contributed by atoms with Crippen LogP contribution in [0.5, 0.6) is 0 Å². The zero-order valence-electron chi connectivity index (χ0n) is 11.8. The van der Waals surface area contributed by atoms with E-state index in [-0.39, 0.29) is 12.5 Å². The van der Waals surface area contributed by atoms with E-state index >= 15 is 0 Å². The number of benzene rings is 1. The quantitative estimate of drug-likeness (QED) is 0.926. The zero-order valence-corrected chi connectivity index (χ0v) is 11.8. The second-order valence-corrected chi connectivity index (χ2v) is 5.32. The molecule has 1 saturated heterocycles. The summed E-state index contributed by atoms with van der Waals surface area (Å²) in [5, 5.41) is 9.17. The van der Waals surface area contributed by atoms with Gasteiger partial charge in [0.1, 0.15) is 18.4 Å². The molecule has 1 amide bonds. The van der Waals surface area contributed by atoms with Crippen LogP contribution in [0, 0.1) is 6.92 Å². The first kappa shape index (κ1) is 13.6. The van der Waals surface area contributed by atoms with Gasteiger partial charge >= 0.3 is 5.97 Å². The number of carbonyl (C=O) groups is 2. The molecule has 0 spiro atoms. The summed E-state index contributed by atoms with van der Waals surface area (Å²) in [6.07, 6.45) is 1.27. The molecular formula is C15H17N3O3. The Bertz CT molecular complexity index is 707. The van der Waals surface area contributed by atoms with Crippen LogP contribution in [0.15, 0.2) is 24.3 Å². The Morgan fingerprint density at radius 3 is 2.90 bits per heavy atom. The van der Waals surface area contributed by atoms with Gasteiger partial charge in [-0.25, -0.2) is 9.78 Å². The third-order valence-electron chi connectivity index (χ3n) is 4.00. The number of rotatable bonds is 3. The second kappa shape index (κ2) is 5.20. The highest BCUT2D eigenvalue weighted by Gasteiger charge is 2.34. The third-order valence-corrected chi connectivity index (χ3v) is 4.00. The van der Waals surface area contributed by atoms with E-state index in [9.17, 15) is 14.7 Å². The molecule has 1 aliphatic heterocycles. The minimum Gasteiger partial charge on any atom is -0.480 e. The molecule has 3 rings (SSSR count). The van der Waals surface area contributed by atoms with Crippen molar-refractivity contribution in [1.29, 1.82) is 0 Å². The van der Waals surface area contributed by atoms with Gasteiger partial charge in [-0.2, -0.15) is 0 Å². The number of carboxylic acid groups (broad SMARTS) is 1. The van der Waals surface area contributed by atoms with E-state index in [0.717, 1.165) is 23.3 Å². The van der Waals surface area contributed by atoms with Gasteiger partial charge in [0.2, 0.25) is 5.91 Å². The molecule has 0 saturated carbocycles. The average Bonchev–Trinajstić information content (AvgIpc) is 3.04. The second-order valence-electron chi connectivity index (χ2n) is 5.32. The maximum atomic E-state index is 12.4. The third kappa shape index (κ3) is 2.37. The van der Waals surface area contributed by atoms with Gasteiger partial charge in [-0.05, 0) is 31.9 Å². The fraction of sp³-hybridized carbons (Fsp3) is 0.400. The highest BCUT2D eigenvalue weighted by Crippen LogP contribution is 2.20. The summed E-state index contributed by atoms with van der Waals surface area (Å²) < 4.78 is 1.84. The monoisotopic (exact) mass is 287 g/mol. The molecule has 1 atom stereocenters. The molecule has 1 aromatic heterocycles. The molecule has 0 bridgehead atoms. The Labute approximate surface area is 122 Å². The number of hydrogen-bond acceptors (Lipinski definition) is 3. The number of aryl methyl sites for hydroxylation is 1. The molecule has 1 aliphatic rings. The molecule has 2 aromatic rings. The maximum Gasteiger partial charge on any atom is 0.326 e. The molecule has 110 valence electrons. The van der Waals surface area contributed by atoms with E-state index in [1.807, 2.05) is 35.8 Å². The summed E-state index contributed by atoms with van der Waals surface area (Å²) in [4.78, 5) is 29.5. The number of carboxylic acids is 1. The van der Waals surface area contributed by atoms with Crippen molar-refractivity contribution in [1.82, 2.24) is 14.5 Å². The minimum atomic E-state index is -0.923. The number of hydrogen-bond donors (Lipinski definition) is 1. The highest BCUT2D eigenvalue weighted by atomic mass is 16.4. The lowest BCUT2D eigenvalue weighted by atomic mass is 10.2. The van der Waals surface area contributed by atoms with Crippen LogP contribution in [0.3, 0.4) is 0 Å². The van der Waals surface area contributed by atoms with Crippen molar-refractivity contribution >= 4 is 22.9 Å². The van der Waals surface area contributed by atoms with Crippen molar-refractivity contribution < 1.29 is 14.7 Å². The Kier molecular flexibility index (Phi) is 3.37. The number of para-hydroxylation sites is 2. The van der Waals surface area contributed by atoms with Gasteiger partial charge in [0.25, 0.3) is 0 Å². The Hall–Kier alpha value is -2.37. The molecule has 0 unspecified atom stereocenters. The smallest absolute Gasteiger partial charge is 0.326 e. The van der Waals surface area contributed by atoms with Crippen molar-refractivity contribution in [3.8, 4) is 0 Å². The summed E-state index contributed by atoms with van der Waals surface area (Å²) in [6, 6.07) is 6.94. The van der Waals surface area contributed by atoms with E-state index in [2.05, 4.69) is 4.98 Å². The number of imidazole rings is 1. The molecule has 21 heavy (non-hydrogen) atoms. The lowest BCUT2D eigenvalue weighted by Gasteiger charge is -2.22. The fourth-order valence-corrected chi connectivity index (χ4v) is 2.94. The predicted octanol–water partition coefficient (Wildman–Crippen LogP) is 1.42. The Morgan fingerprint density at radius 2 is 2.14 bits per heavy atom. The summed E-state index contributed by atoms with van der Waals surface area (Å²) in [5.74, 6) is -0.324. The first-order valence-corrected chi connectivity index (χ1v) is 7.02. The van der Waals surface area contributed by atoms with Crippen LogP contribution in [-0.4, -0.2) is 44.0 Å². The molecule has 1 N–H and O–H groups in total. The summed E-state index contributed by atoms with van der Waals surface area (Å²) in [5.41, 5.74) is 1.74. The molecular weight excluding hydrogens is 270 g/mol. The van der Waals surface area contributed by atoms with Crippen LogP contribution >= 0.6 is 0 Å². The fourth-order valence-electron chi connectivity index (χ4n) is 2.94. The van der Waals surface area contributed by atoms with Crippen LogP contribution in [0.4, 0.5) is 0 Å². The molecule has 1 aromatic carbocycles. The van der Waals surface area contributed by atoms with E-state index < -0.39 is 12.0 Å². The zero-order chi connectivity index (χ0) is 15.0. The number of aromatic nitrogens is 2. The Balaban J connectivity index is 1.87. The minimum absolute atomic E-state index is 0.135. The number of aliphatic carboxylic acids is 1. The molecule has 6 nitrogen and oxygen atoms in total. The molecule has 2 heterocycles. The van der Waals surface area contributed by atoms with E-state index in [1.165, 1.54) is 4.90 Å². The lowest BCUT2D eigenvalue weighted by Crippen LogP contribution is -2.42. The molecule has 0 radical (unpaired) electrons. The molecule has 6 heteroatoms. The van der Waals surface area contributed by atoms with Crippen LogP contribution in [-0.2, 0) is 16.1 Å². The van der Waals surface area contributed by atoms with Crippen LogP contribution in [0.1, 0.15) is 18.7 Å². The topological polar surface area (TPSA) is 75.4 Å². The number of nitrogens with zero attached hydrogens (tertiary/aromatic N) is 3. The summed E-state index contributed by atoms with van der Waals surface area (Å²) in [7, 11) is 0.